The van der Waals surface area contributed by atoms with Gasteiger partial charge in [0.2, 0.25) is 0 Å². The number of halogens is 1. The molecule has 0 fully saturated rings. The molecule has 0 spiro atoms. The summed E-state index contributed by atoms with van der Waals surface area (Å²) in [5.74, 6) is 0. The fraction of sp³-hybridized carbons (Fsp3) is 0.100. The van der Waals surface area contributed by atoms with Crippen molar-refractivity contribution in [1.82, 2.24) is 0 Å². The van der Waals surface area contributed by atoms with Crippen molar-refractivity contribution in [2.24, 2.45) is 0 Å². The molecular weight excluding hydrogens is 546 g/mol. The second-order valence-corrected chi connectivity index (χ2v) is 12.1. The van der Waals surface area contributed by atoms with Gasteiger partial charge in [0.25, 0.3) is 0 Å². The Hall–Kier alpha value is -4.79. The molecule has 6 aromatic rings. The number of nitrogens with zero attached hydrogens (tertiary/aromatic N) is 1. The van der Waals surface area contributed by atoms with Crippen LogP contribution in [0.25, 0.3) is 33.1 Å². The maximum atomic E-state index is 6.32. The van der Waals surface area contributed by atoms with Gasteiger partial charge in [0, 0.05) is 38.3 Å². The van der Waals surface area contributed by atoms with Crippen LogP contribution in [-0.2, 0) is 11.8 Å². The lowest BCUT2D eigenvalue weighted by molar-refractivity contribution is 0.634. The Labute approximate surface area is 257 Å². The van der Waals surface area contributed by atoms with Crippen LogP contribution >= 0.6 is 11.6 Å². The average molecular weight is 578 g/mol. The lowest BCUT2D eigenvalue weighted by atomic mass is 9.75. The van der Waals surface area contributed by atoms with Crippen molar-refractivity contribution in [3.8, 4) is 11.1 Å². The van der Waals surface area contributed by atoms with Crippen molar-refractivity contribution in [2.75, 3.05) is 4.90 Å². The maximum absolute atomic E-state index is 6.32. The Bertz CT molecular complexity index is 2040. The highest BCUT2D eigenvalue weighted by Gasteiger charge is 2.27. The van der Waals surface area contributed by atoms with E-state index in [1.165, 1.54) is 11.1 Å². The lowest BCUT2D eigenvalue weighted by Gasteiger charge is -2.31. The number of anilines is 2. The van der Waals surface area contributed by atoms with E-state index in [4.69, 9.17) is 16.0 Å². The Morgan fingerprint density at radius 3 is 2.16 bits per heavy atom. The number of para-hydroxylation sites is 1. The van der Waals surface area contributed by atoms with E-state index in [0.717, 1.165) is 62.1 Å². The summed E-state index contributed by atoms with van der Waals surface area (Å²) in [6.45, 7) is 9.09. The van der Waals surface area contributed by atoms with Gasteiger partial charge in [-0.1, -0.05) is 98.8 Å². The van der Waals surface area contributed by atoms with E-state index in [-0.39, 0.29) is 5.41 Å². The van der Waals surface area contributed by atoms with Gasteiger partial charge in [-0.2, -0.15) is 0 Å². The topological polar surface area (TPSA) is 16.4 Å². The molecule has 0 amide bonds. The van der Waals surface area contributed by atoms with Gasteiger partial charge in [-0.15, -0.1) is 0 Å². The van der Waals surface area contributed by atoms with Crippen LogP contribution < -0.4 is 4.90 Å². The quantitative estimate of drug-likeness (QED) is 0.207. The Morgan fingerprint density at radius 2 is 1.37 bits per heavy atom. The molecule has 5 aromatic carbocycles. The number of furan rings is 1. The molecule has 0 aliphatic heterocycles. The molecule has 2 nitrogen and oxygen atoms in total. The molecule has 7 rings (SSSR count). The molecule has 0 N–H and O–H groups in total. The lowest BCUT2D eigenvalue weighted by Crippen LogP contribution is -2.22. The monoisotopic (exact) mass is 577 g/mol. The summed E-state index contributed by atoms with van der Waals surface area (Å²) in [6.07, 6.45) is 7.53. The van der Waals surface area contributed by atoms with Gasteiger partial charge < -0.3 is 9.32 Å². The van der Waals surface area contributed by atoms with Crippen LogP contribution in [0.4, 0.5) is 11.4 Å². The molecule has 1 aliphatic carbocycles. The zero-order chi connectivity index (χ0) is 29.6. The first-order valence-corrected chi connectivity index (χ1v) is 15.0. The molecule has 1 aliphatic rings. The number of allylic oxidation sites excluding steroid dienone is 4. The molecule has 0 saturated heterocycles. The van der Waals surface area contributed by atoms with E-state index in [2.05, 4.69) is 135 Å². The average Bonchev–Trinajstić information content (AvgIpc) is 3.41. The van der Waals surface area contributed by atoms with Gasteiger partial charge >= 0.3 is 0 Å². The molecule has 43 heavy (non-hydrogen) atoms. The third kappa shape index (κ3) is 4.98. The standard InChI is InChI=1S/C40H32ClNO/c1-27-25-34(11-8-10-29-9-4-6-13-37(29)40(27,2)3)42(33-22-18-31(41)19-23-33)32-20-15-28(16-21-32)30-17-24-39-36(26-30)35-12-5-7-14-38(35)43-39/h4-9,11-26H,1,10H2,2-3H3/b11-8-,34-25+. The SMILES string of the molecule is C=C1/C=C(N(c2ccc(Cl)cc2)c2ccc(-c3ccc4oc5ccccc5c4c3)cc2)\C=C/Cc2ccccc2C1(C)C. The summed E-state index contributed by atoms with van der Waals surface area (Å²) in [5, 5.41) is 2.97. The Kier molecular flexibility index (Phi) is 6.80. The molecule has 3 heteroatoms. The Morgan fingerprint density at radius 1 is 0.721 bits per heavy atom. The van der Waals surface area contributed by atoms with Crippen LogP contribution in [0.15, 0.2) is 156 Å². The van der Waals surface area contributed by atoms with Crippen molar-refractivity contribution >= 4 is 44.9 Å². The van der Waals surface area contributed by atoms with Gasteiger partial charge in [0.1, 0.15) is 11.2 Å². The minimum absolute atomic E-state index is 0.223. The molecule has 0 saturated carbocycles. The minimum Gasteiger partial charge on any atom is -0.456 e. The van der Waals surface area contributed by atoms with Gasteiger partial charge in [-0.25, -0.2) is 0 Å². The summed E-state index contributed by atoms with van der Waals surface area (Å²) in [7, 11) is 0. The van der Waals surface area contributed by atoms with Crippen molar-refractivity contribution in [2.45, 2.75) is 25.7 Å². The third-order valence-electron chi connectivity index (χ3n) is 8.62. The van der Waals surface area contributed by atoms with Crippen LogP contribution in [-0.4, -0.2) is 0 Å². The van der Waals surface area contributed by atoms with Crippen LogP contribution in [0.1, 0.15) is 25.0 Å². The Balaban J connectivity index is 1.31. The molecule has 210 valence electrons. The zero-order valence-corrected chi connectivity index (χ0v) is 25.1. The summed E-state index contributed by atoms with van der Waals surface area (Å²) < 4.78 is 6.05. The van der Waals surface area contributed by atoms with E-state index >= 15 is 0 Å². The van der Waals surface area contributed by atoms with Crippen molar-refractivity contribution in [3.63, 3.8) is 0 Å². The van der Waals surface area contributed by atoms with E-state index in [1.54, 1.807) is 0 Å². The van der Waals surface area contributed by atoms with E-state index < -0.39 is 0 Å². The van der Waals surface area contributed by atoms with E-state index in [9.17, 15) is 0 Å². The van der Waals surface area contributed by atoms with Gasteiger partial charge in [0.05, 0.1) is 0 Å². The number of benzene rings is 5. The normalized spacial score (nSPS) is 16.5. The minimum atomic E-state index is -0.223. The van der Waals surface area contributed by atoms with Gasteiger partial charge in [-0.3, -0.25) is 0 Å². The molecule has 0 radical (unpaired) electrons. The van der Waals surface area contributed by atoms with Crippen LogP contribution in [0.5, 0.6) is 0 Å². The fourth-order valence-corrected chi connectivity index (χ4v) is 6.21. The maximum Gasteiger partial charge on any atom is 0.135 e. The summed E-state index contributed by atoms with van der Waals surface area (Å²) in [5.41, 5.74) is 10.7. The number of hydrogen-bond acceptors (Lipinski definition) is 2. The molecule has 0 bridgehead atoms. The largest absolute Gasteiger partial charge is 0.456 e. The fourth-order valence-electron chi connectivity index (χ4n) is 6.08. The van der Waals surface area contributed by atoms with Crippen LogP contribution in [0.3, 0.4) is 0 Å². The van der Waals surface area contributed by atoms with E-state index in [1.807, 2.05) is 24.3 Å². The van der Waals surface area contributed by atoms with Crippen LogP contribution in [0.2, 0.25) is 5.02 Å². The van der Waals surface area contributed by atoms with Gasteiger partial charge in [-0.05, 0) is 101 Å². The molecular formula is C40H32ClNO. The highest BCUT2D eigenvalue weighted by Crippen LogP contribution is 2.39. The van der Waals surface area contributed by atoms with Crippen molar-refractivity contribution < 1.29 is 4.42 Å². The first kappa shape index (κ1) is 27.1. The zero-order valence-electron chi connectivity index (χ0n) is 24.3. The van der Waals surface area contributed by atoms with E-state index in [0.29, 0.717) is 5.02 Å². The second kappa shape index (κ2) is 10.8. The number of rotatable bonds is 4. The molecule has 0 unspecified atom stereocenters. The summed E-state index contributed by atoms with van der Waals surface area (Å²) in [4.78, 5) is 2.28. The molecule has 1 aromatic heterocycles. The van der Waals surface area contributed by atoms with Gasteiger partial charge in [0.15, 0.2) is 0 Å². The van der Waals surface area contributed by atoms with Crippen LogP contribution in [0, 0.1) is 0 Å². The molecule has 0 atom stereocenters. The highest BCUT2D eigenvalue weighted by atomic mass is 35.5. The third-order valence-corrected chi connectivity index (χ3v) is 8.87. The number of hydrogen-bond donors (Lipinski definition) is 0. The smallest absolute Gasteiger partial charge is 0.135 e. The molecule has 1 heterocycles. The number of fused-ring (bicyclic) bond motifs is 4. The predicted octanol–water partition coefficient (Wildman–Crippen LogP) is 11.6. The second-order valence-electron chi connectivity index (χ2n) is 11.7. The summed E-state index contributed by atoms with van der Waals surface area (Å²) in [6, 6.07) is 40.1. The van der Waals surface area contributed by atoms with Crippen molar-refractivity contribution in [3.05, 3.63) is 167 Å². The van der Waals surface area contributed by atoms with Crippen molar-refractivity contribution in [1.29, 1.82) is 0 Å². The predicted molar refractivity (Wildman–Crippen MR) is 182 cm³/mol. The first-order chi connectivity index (χ1) is 20.9. The summed E-state index contributed by atoms with van der Waals surface area (Å²) >= 11 is 6.32. The highest BCUT2D eigenvalue weighted by molar-refractivity contribution is 6.30. The first-order valence-electron chi connectivity index (χ1n) is 14.6.